The van der Waals surface area contributed by atoms with Gasteiger partial charge >= 0.3 is 4.87 Å². The minimum atomic E-state index is -3.77. The highest BCUT2D eigenvalue weighted by Crippen LogP contribution is 2.22. The van der Waals surface area contributed by atoms with Gasteiger partial charge in [-0.15, -0.1) is 0 Å². The van der Waals surface area contributed by atoms with E-state index in [0.29, 0.717) is 18.8 Å². The largest absolute Gasteiger partial charge is 0.308 e. The summed E-state index contributed by atoms with van der Waals surface area (Å²) in [6, 6.07) is 0. The highest BCUT2D eigenvalue weighted by molar-refractivity contribution is 7.91. The van der Waals surface area contributed by atoms with Crippen molar-refractivity contribution in [3.63, 3.8) is 0 Å². The second kappa shape index (κ2) is 4.02. The molecule has 102 valence electrons. The van der Waals surface area contributed by atoms with Crippen molar-refractivity contribution < 1.29 is 8.42 Å². The van der Waals surface area contributed by atoms with Gasteiger partial charge in [-0.1, -0.05) is 11.3 Å². The molecule has 0 radical (unpaired) electrons. The van der Waals surface area contributed by atoms with Crippen LogP contribution in [0.4, 0.5) is 0 Å². The standard InChI is InChI=1S/C10H12N4O3S2/c1-6-9(18-10(15)13(6)2)19(16,17)14-5-7-3-11-4-8(7)12-14/h5,11H,3-4H2,1-2H3. The average Bonchev–Trinajstić information content (AvgIpc) is 2.99. The zero-order valence-corrected chi connectivity index (χ0v) is 12.0. The van der Waals surface area contributed by atoms with Crippen LogP contribution in [0.5, 0.6) is 0 Å². The molecule has 3 heterocycles. The van der Waals surface area contributed by atoms with Gasteiger partial charge < -0.3 is 9.88 Å². The molecule has 19 heavy (non-hydrogen) atoms. The summed E-state index contributed by atoms with van der Waals surface area (Å²) < 4.78 is 27.3. The Kier molecular flexibility index (Phi) is 2.66. The Balaban J connectivity index is 2.16. The van der Waals surface area contributed by atoms with Crippen LogP contribution in [0.15, 0.2) is 15.2 Å². The number of hydrogen-bond donors (Lipinski definition) is 1. The van der Waals surface area contributed by atoms with Crippen LogP contribution >= 0.6 is 11.3 Å². The molecule has 7 nitrogen and oxygen atoms in total. The van der Waals surface area contributed by atoms with Gasteiger partial charge in [0, 0.05) is 37.6 Å². The van der Waals surface area contributed by atoms with E-state index in [0.717, 1.165) is 26.7 Å². The topological polar surface area (TPSA) is 86.0 Å². The van der Waals surface area contributed by atoms with Crippen LogP contribution in [0.3, 0.4) is 0 Å². The van der Waals surface area contributed by atoms with E-state index in [9.17, 15) is 13.2 Å². The van der Waals surface area contributed by atoms with Crippen molar-refractivity contribution in [1.82, 2.24) is 19.1 Å². The molecule has 0 fully saturated rings. The molecule has 3 rings (SSSR count). The smallest absolute Gasteiger partial charge is 0.307 e. The van der Waals surface area contributed by atoms with Gasteiger partial charge in [-0.3, -0.25) is 4.79 Å². The molecule has 1 N–H and O–H groups in total. The Hall–Kier alpha value is -1.45. The maximum Gasteiger partial charge on any atom is 0.308 e. The predicted octanol–water partition coefficient (Wildman–Crippen LogP) is -0.208. The lowest BCUT2D eigenvalue weighted by Gasteiger charge is -2.03. The van der Waals surface area contributed by atoms with Gasteiger partial charge in [0.25, 0.3) is 10.0 Å². The number of thiazole rings is 1. The SMILES string of the molecule is Cc1c(S(=O)(=O)n2cc3c(n2)CNC3)sc(=O)n1C. The van der Waals surface area contributed by atoms with Crippen LogP contribution in [-0.2, 0) is 30.2 Å². The third-order valence-corrected chi connectivity index (χ3v) is 6.45. The molecule has 9 heteroatoms. The first kappa shape index (κ1) is 12.6. The van der Waals surface area contributed by atoms with Gasteiger partial charge in [-0.2, -0.15) is 17.6 Å². The summed E-state index contributed by atoms with van der Waals surface area (Å²) >= 11 is 0.726. The second-order valence-corrected chi connectivity index (χ2v) is 7.33. The monoisotopic (exact) mass is 300 g/mol. The molecule has 0 bridgehead atoms. The van der Waals surface area contributed by atoms with Crippen molar-refractivity contribution in [1.29, 1.82) is 0 Å². The number of nitrogens with zero attached hydrogens (tertiary/aromatic N) is 3. The maximum atomic E-state index is 12.5. The van der Waals surface area contributed by atoms with Gasteiger partial charge in [0.2, 0.25) is 0 Å². The van der Waals surface area contributed by atoms with E-state index in [-0.39, 0.29) is 9.08 Å². The molecule has 0 atom stereocenters. The Bertz CT molecular complexity index is 791. The highest BCUT2D eigenvalue weighted by Gasteiger charge is 2.27. The quantitative estimate of drug-likeness (QED) is 0.829. The summed E-state index contributed by atoms with van der Waals surface area (Å²) in [6.45, 7) is 2.81. The summed E-state index contributed by atoms with van der Waals surface area (Å²) in [6.07, 6.45) is 1.51. The van der Waals surface area contributed by atoms with E-state index < -0.39 is 10.0 Å². The molecule has 0 saturated carbocycles. The lowest BCUT2D eigenvalue weighted by molar-refractivity contribution is 0.578. The number of nitrogens with one attached hydrogen (secondary N) is 1. The van der Waals surface area contributed by atoms with Crippen molar-refractivity contribution in [2.75, 3.05) is 0 Å². The molecule has 1 aliphatic rings. The van der Waals surface area contributed by atoms with Gasteiger partial charge in [-0.05, 0) is 6.92 Å². The van der Waals surface area contributed by atoms with Gasteiger partial charge in [0.1, 0.15) is 0 Å². The first-order chi connectivity index (χ1) is 8.91. The third kappa shape index (κ3) is 1.77. The van der Waals surface area contributed by atoms with Crippen LogP contribution in [0, 0.1) is 6.92 Å². The van der Waals surface area contributed by atoms with Crippen LogP contribution in [-0.4, -0.2) is 22.2 Å². The van der Waals surface area contributed by atoms with E-state index in [1.54, 1.807) is 14.0 Å². The van der Waals surface area contributed by atoms with Crippen molar-refractivity contribution in [2.24, 2.45) is 7.05 Å². The Morgan fingerprint density at radius 1 is 1.42 bits per heavy atom. The van der Waals surface area contributed by atoms with E-state index in [1.165, 1.54) is 10.8 Å². The highest BCUT2D eigenvalue weighted by atomic mass is 32.2. The molecule has 0 unspecified atom stereocenters. The van der Waals surface area contributed by atoms with Crippen molar-refractivity contribution in [2.45, 2.75) is 24.2 Å². The fraction of sp³-hybridized carbons (Fsp3) is 0.400. The van der Waals surface area contributed by atoms with E-state index in [2.05, 4.69) is 10.4 Å². The van der Waals surface area contributed by atoms with Crippen LogP contribution in [0.2, 0.25) is 0 Å². The summed E-state index contributed by atoms with van der Waals surface area (Å²) in [4.78, 5) is 11.3. The number of aromatic nitrogens is 3. The molecule has 0 saturated heterocycles. The van der Waals surface area contributed by atoms with Crippen LogP contribution < -0.4 is 10.2 Å². The fourth-order valence-corrected chi connectivity index (χ4v) is 4.71. The maximum absolute atomic E-state index is 12.5. The zero-order valence-electron chi connectivity index (χ0n) is 10.4. The fourth-order valence-electron chi connectivity index (χ4n) is 1.97. The van der Waals surface area contributed by atoms with Gasteiger partial charge in [0.05, 0.1) is 5.69 Å². The van der Waals surface area contributed by atoms with Crippen molar-refractivity contribution >= 4 is 21.4 Å². The van der Waals surface area contributed by atoms with Crippen molar-refractivity contribution in [3.05, 3.63) is 32.8 Å². The lowest BCUT2D eigenvalue weighted by atomic mass is 10.3. The number of rotatable bonds is 2. The zero-order chi connectivity index (χ0) is 13.8. The number of fused-ring (bicyclic) bond motifs is 1. The van der Waals surface area contributed by atoms with Gasteiger partial charge in [0.15, 0.2) is 4.21 Å². The Morgan fingerprint density at radius 2 is 2.16 bits per heavy atom. The molecule has 2 aromatic rings. The van der Waals surface area contributed by atoms with E-state index in [1.807, 2.05) is 0 Å². The number of hydrogen-bond acceptors (Lipinski definition) is 6. The van der Waals surface area contributed by atoms with Crippen molar-refractivity contribution in [3.8, 4) is 0 Å². The normalized spacial score (nSPS) is 14.8. The summed E-state index contributed by atoms with van der Waals surface area (Å²) in [5, 5.41) is 7.17. The predicted molar refractivity (Wildman–Crippen MR) is 69.7 cm³/mol. The second-order valence-electron chi connectivity index (χ2n) is 4.38. The van der Waals surface area contributed by atoms with E-state index in [4.69, 9.17) is 0 Å². The molecule has 0 spiro atoms. The molecule has 2 aromatic heterocycles. The van der Waals surface area contributed by atoms with Crippen LogP contribution in [0.25, 0.3) is 0 Å². The molecule has 0 aliphatic carbocycles. The minimum absolute atomic E-state index is 0.0501. The Morgan fingerprint density at radius 3 is 2.74 bits per heavy atom. The molecule has 1 aliphatic heterocycles. The average molecular weight is 300 g/mol. The molecule has 0 aromatic carbocycles. The lowest BCUT2D eigenvalue weighted by Crippen LogP contribution is -2.16. The van der Waals surface area contributed by atoms with E-state index >= 15 is 0 Å². The minimum Gasteiger partial charge on any atom is -0.307 e. The third-order valence-electron chi connectivity index (χ3n) is 3.20. The summed E-state index contributed by atoms with van der Waals surface area (Å²) in [5.74, 6) is 0. The molecule has 0 amide bonds. The molecular weight excluding hydrogens is 288 g/mol. The summed E-state index contributed by atoms with van der Waals surface area (Å²) in [5.41, 5.74) is 2.05. The van der Waals surface area contributed by atoms with Gasteiger partial charge in [-0.25, -0.2) is 0 Å². The van der Waals surface area contributed by atoms with Crippen LogP contribution in [0.1, 0.15) is 17.0 Å². The molecular formula is C10H12N4O3S2. The first-order valence-electron chi connectivity index (χ1n) is 5.61. The Labute approximate surface area is 113 Å². The summed E-state index contributed by atoms with van der Waals surface area (Å²) in [7, 11) is -2.22. The first-order valence-corrected chi connectivity index (χ1v) is 7.87.